The van der Waals surface area contributed by atoms with Gasteiger partial charge in [-0.2, -0.15) is 0 Å². The quantitative estimate of drug-likeness (QED) is 0.671. The molecule has 0 aliphatic heterocycles. The zero-order chi connectivity index (χ0) is 13.8. The molecule has 0 spiro atoms. The third kappa shape index (κ3) is 3.83. The van der Waals surface area contributed by atoms with E-state index in [-0.39, 0.29) is 19.0 Å². The van der Waals surface area contributed by atoms with Gasteiger partial charge in [0.05, 0.1) is 12.5 Å². The number of carboxylic acids is 1. The van der Waals surface area contributed by atoms with Crippen molar-refractivity contribution in [3.63, 3.8) is 0 Å². The molecular formula is C13H22N2O4. The number of carboxylic acid groups (broad SMARTS) is 1. The smallest absolute Gasteiger partial charge is 0.315 e. The van der Waals surface area contributed by atoms with Crippen LogP contribution in [0.3, 0.4) is 0 Å². The van der Waals surface area contributed by atoms with Gasteiger partial charge in [0.25, 0.3) is 0 Å². The average molecular weight is 270 g/mol. The number of ether oxygens (including phenoxy) is 1. The monoisotopic (exact) mass is 270 g/mol. The number of hydrogen-bond acceptors (Lipinski definition) is 3. The maximum Gasteiger partial charge on any atom is 0.315 e. The van der Waals surface area contributed by atoms with Crippen molar-refractivity contribution in [2.75, 3.05) is 13.7 Å². The van der Waals surface area contributed by atoms with E-state index in [1.807, 2.05) is 0 Å². The molecule has 0 aromatic rings. The Kier molecular flexibility index (Phi) is 4.63. The molecule has 4 unspecified atom stereocenters. The average Bonchev–Trinajstić information content (AvgIpc) is 2.96. The Labute approximate surface area is 112 Å². The fourth-order valence-electron chi connectivity index (χ4n) is 3.28. The van der Waals surface area contributed by atoms with Gasteiger partial charge in [0, 0.05) is 19.7 Å². The predicted octanol–water partition coefficient (Wildman–Crippen LogP) is 0.964. The fourth-order valence-corrected chi connectivity index (χ4v) is 3.28. The molecule has 2 fully saturated rings. The van der Waals surface area contributed by atoms with Crippen LogP contribution >= 0.6 is 0 Å². The number of fused-ring (bicyclic) bond motifs is 2. The summed E-state index contributed by atoms with van der Waals surface area (Å²) in [6.45, 7) is 0.218. The predicted molar refractivity (Wildman–Crippen MR) is 68.8 cm³/mol. The lowest BCUT2D eigenvalue weighted by Crippen LogP contribution is -2.46. The van der Waals surface area contributed by atoms with E-state index in [2.05, 4.69) is 10.6 Å². The van der Waals surface area contributed by atoms with Crippen molar-refractivity contribution in [1.29, 1.82) is 0 Å². The van der Waals surface area contributed by atoms with Crippen LogP contribution < -0.4 is 10.6 Å². The van der Waals surface area contributed by atoms with Crippen LogP contribution in [0.5, 0.6) is 0 Å². The number of urea groups is 1. The first-order chi connectivity index (χ1) is 9.08. The Morgan fingerprint density at radius 2 is 2.16 bits per heavy atom. The summed E-state index contributed by atoms with van der Waals surface area (Å²) in [6, 6.07) is 0.0733. The number of amides is 2. The SMILES string of the molecule is COC(CNC(=O)NC1CC2CCC1C2)CC(=O)O. The molecule has 2 aliphatic carbocycles. The van der Waals surface area contributed by atoms with Crippen molar-refractivity contribution in [2.45, 2.75) is 44.2 Å². The molecule has 0 aromatic heterocycles. The maximum absolute atomic E-state index is 11.8. The molecule has 2 bridgehead atoms. The zero-order valence-corrected chi connectivity index (χ0v) is 11.2. The topological polar surface area (TPSA) is 87.7 Å². The molecule has 0 radical (unpaired) electrons. The number of hydrogen-bond donors (Lipinski definition) is 3. The number of carbonyl (C=O) groups excluding carboxylic acids is 1. The molecule has 19 heavy (non-hydrogen) atoms. The molecule has 2 aliphatic rings. The lowest BCUT2D eigenvalue weighted by molar-refractivity contribution is -0.139. The summed E-state index contributed by atoms with van der Waals surface area (Å²) in [4.78, 5) is 22.3. The maximum atomic E-state index is 11.8. The van der Waals surface area contributed by atoms with Crippen LogP contribution in [0.2, 0.25) is 0 Å². The van der Waals surface area contributed by atoms with Crippen molar-refractivity contribution in [3.8, 4) is 0 Å². The standard InChI is InChI=1S/C13H22N2O4/c1-19-10(6-12(16)17)7-14-13(18)15-11-5-8-2-3-9(11)4-8/h8-11H,2-7H2,1H3,(H,16,17)(H2,14,15,18). The number of methoxy groups -OCH3 is 1. The minimum atomic E-state index is -0.929. The van der Waals surface area contributed by atoms with Crippen molar-refractivity contribution in [1.82, 2.24) is 10.6 Å². The first kappa shape index (κ1) is 14.1. The van der Waals surface area contributed by atoms with Gasteiger partial charge in [0.1, 0.15) is 0 Å². The minimum absolute atomic E-state index is 0.106. The number of carbonyl (C=O) groups is 2. The van der Waals surface area contributed by atoms with Crippen LogP contribution in [0.1, 0.15) is 32.1 Å². The van der Waals surface area contributed by atoms with Crippen LogP contribution in [-0.4, -0.2) is 42.9 Å². The van der Waals surface area contributed by atoms with E-state index in [0.29, 0.717) is 12.0 Å². The number of aliphatic carboxylic acids is 1. The molecule has 0 aromatic carbocycles. The van der Waals surface area contributed by atoms with Crippen molar-refractivity contribution in [2.24, 2.45) is 11.8 Å². The third-order valence-corrected chi connectivity index (χ3v) is 4.28. The Hall–Kier alpha value is -1.30. The molecule has 3 N–H and O–H groups in total. The molecule has 6 heteroatoms. The van der Waals surface area contributed by atoms with Gasteiger partial charge in [-0.05, 0) is 31.1 Å². The highest BCUT2D eigenvalue weighted by Gasteiger charge is 2.40. The summed E-state index contributed by atoms with van der Waals surface area (Å²) in [6.07, 6.45) is 4.25. The summed E-state index contributed by atoms with van der Waals surface area (Å²) < 4.78 is 5.01. The van der Waals surface area contributed by atoms with Crippen LogP contribution in [0, 0.1) is 11.8 Å². The minimum Gasteiger partial charge on any atom is -0.481 e. The van der Waals surface area contributed by atoms with Crippen molar-refractivity contribution >= 4 is 12.0 Å². The third-order valence-electron chi connectivity index (χ3n) is 4.28. The van der Waals surface area contributed by atoms with Crippen molar-refractivity contribution in [3.05, 3.63) is 0 Å². The van der Waals surface area contributed by atoms with E-state index in [9.17, 15) is 9.59 Å². The Bertz CT molecular complexity index is 348. The summed E-state index contributed by atoms with van der Waals surface area (Å²) in [5.41, 5.74) is 0. The molecule has 2 saturated carbocycles. The van der Waals surface area contributed by atoms with Gasteiger partial charge < -0.3 is 20.5 Å². The lowest BCUT2D eigenvalue weighted by Gasteiger charge is -2.23. The lowest BCUT2D eigenvalue weighted by atomic mass is 9.95. The van der Waals surface area contributed by atoms with Gasteiger partial charge in [0.15, 0.2) is 0 Å². The highest BCUT2D eigenvalue weighted by molar-refractivity contribution is 5.74. The second kappa shape index (κ2) is 6.23. The first-order valence-electron chi connectivity index (χ1n) is 6.87. The number of nitrogens with one attached hydrogen (secondary N) is 2. The van der Waals surface area contributed by atoms with Gasteiger partial charge in [0.2, 0.25) is 0 Å². The van der Waals surface area contributed by atoms with Crippen LogP contribution in [0.4, 0.5) is 4.79 Å². The fraction of sp³-hybridized carbons (Fsp3) is 0.846. The Morgan fingerprint density at radius 3 is 2.68 bits per heavy atom. The Balaban J connectivity index is 1.68. The van der Waals surface area contributed by atoms with E-state index in [1.165, 1.54) is 26.4 Å². The van der Waals surface area contributed by atoms with Crippen LogP contribution in [-0.2, 0) is 9.53 Å². The van der Waals surface area contributed by atoms with Crippen LogP contribution in [0.25, 0.3) is 0 Å². The molecule has 0 heterocycles. The second-order valence-electron chi connectivity index (χ2n) is 5.59. The summed E-state index contributed by atoms with van der Waals surface area (Å²) in [7, 11) is 1.45. The van der Waals surface area contributed by atoms with Crippen LogP contribution in [0.15, 0.2) is 0 Å². The molecule has 108 valence electrons. The van der Waals surface area contributed by atoms with E-state index in [0.717, 1.165) is 12.3 Å². The second-order valence-corrected chi connectivity index (χ2v) is 5.59. The summed E-state index contributed by atoms with van der Waals surface area (Å²) in [5, 5.41) is 14.4. The van der Waals surface area contributed by atoms with Gasteiger partial charge in [-0.3, -0.25) is 4.79 Å². The molecule has 4 atom stereocenters. The van der Waals surface area contributed by atoms with Gasteiger partial charge in [-0.15, -0.1) is 0 Å². The normalized spacial score (nSPS) is 30.1. The highest BCUT2D eigenvalue weighted by atomic mass is 16.5. The summed E-state index contributed by atoms with van der Waals surface area (Å²) >= 11 is 0. The van der Waals surface area contributed by atoms with E-state index in [4.69, 9.17) is 9.84 Å². The van der Waals surface area contributed by atoms with E-state index in [1.54, 1.807) is 0 Å². The van der Waals surface area contributed by atoms with E-state index >= 15 is 0 Å². The largest absolute Gasteiger partial charge is 0.481 e. The first-order valence-corrected chi connectivity index (χ1v) is 6.87. The molecule has 0 saturated heterocycles. The molecule has 6 nitrogen and oxygen atoms in total. The molecule has 2 amide bonds. The molecular weight excluding hydrogens is 248 g/mol. The molecule has 2 rings (SSSR count). The van der Waals surface area contributed by atoms with Gasteiger partial charge >= 0.3 is 12.0 Å². The number of rotatable bonds is 6. The summed E-state index contributed by atoms with van der Waals surface area (Å²) in [5.74, 6) is 0.490. The van der Waals surface area contributed by atoms with Gasteiger partial charge in [-0.25, -0.2) is 4.79 Å². The van der Waals surface area contributed by atoms with Gasteiger partial charge in [-0.1, -0.05) is 6.42 Å². The van der Waals surface area contributed by atoms with E-state index < -0.39 is 12.1 Å². The van der Waals surface area contributed by atoms with Crippen molar-refractivity contribution < 1.29 is 19.4 Å². The zero-order valence-electron chi connectivity index (χ0n) is 11.2. The Morgan fingerprint density at radius 1 is 1.37 bits per heavy atom. The highest BCUT2D eigenvalue weighted by Crippen LogP contribution is 2.44.